The quantitative estimate of drug-likeness (QED) is 0.855. The zero-order chi connectivity index (χ0) is 13.9. The summed E-state index contributed by atoms with van der Waals surface area (Å²) < 4.78 is 0. The number of thiazole rings is 1. The van der Waals surface area contributed by atoms with Crippen molar-refractivity contribution in [1.82, 2.24) is 10.3 Å². The highest BCUT2D eigenvalue weighted by Crippen LogP contribution is 2.43. The average molecular weight is 280 g/mol. The van der Waals surface area contributed by atoms with Gasteiger partial charge >= 0.3 is 0 Å². The van der Waals surface area contributed by atoms with Crippen LogP contribution in [0.25, 0.3) is 0 Å². The van der Waals surface area contributed by atoms with Crippen LogP contribution < -0.4 is 5.32 Å². The van der Waals surface area contributed by atoms with Crippen molar-refractivity contribution in [2.75, 3.05) is 6.54 Å². The van der Waals surface area contributed by atoms with E-state index in [0.717, 1.165) is 12.5 Å². The first-order valence-corrected chi connectivity index (χ1v) is 8.62. The largest absolute Gasteiger partial charge is 0.305 e. The maximum absolute atomic E-state index is 4.88. The zero-order valence-electron chi connectivity index (χ0n) is 12.9. The van der Waals surface area contributed by atoms with E-state index in [-0.39, 0.29) is 5.54 Å². The van der Waals surface area contributed by atoms with E-state index in [1.165, 1.54) is 54.1 Å². The maximum atomic E-state index is 4.88. The van der Waals surface area contributed by atoms with E-state index >= 15 is 0 Å². The van der Waals surface area contributed by atoms with Crippen molar-refractivity contribution in [2.45, 2.75) is 71.8 Å². The van der Waals surface area contributed by atoms with Crippen LogP contribution in [0.1, 0.15) is 68.0 Å². The number of nitrogens with zero attached hydrogens (tertiary/aromatic N) is 1. The molecule has 2 atom stereocenters. The minimum Gasteiger partial charge on any atom is -0.305 e. The van der Waals surface area contributed by atoms with E-state index in [1.54, 1.807) is 0 Å². The van der Waals surface area contributed by atoms with Crippen LogP contribution in [0.5, 0.6) is 0 Å². The predicted molar refractivity (Wildman–Crippen MR) is 83.8 cm³/mol. The zero-order valence-corrected chi connectivity index (χ0v) is 13.7. The third kappa shape index (κ3) is 3.19. The van der Waals surface area contributed by atoms with Gasteiger partial charge in [-0.2, -0.15) is 0 Å². The van der Waals surface area contributed by atoms with Gasteiger partial charge in [0.25, 0.3) is 0 Å². The number of hydrogen-bond acceptors (Lipinski definition) is 3. The van der Waals surface area contributed by atoms with Gasteiger partial charge in [-0.1, -0.05) is 33.1 Å². The van der Waals surface area contributed by atoms with Crippen LogP contribution in [0.3, 0.4) is 0 Å². The van der Waals surface area contributed by atoms with Crippen molar-refractivity contribution >= 4 is 11.3 Å². The summed E-state index contributed by atoms with van der Waals surface area (Å²) in [4.78, 5) is 6.26. The Morgan fingerprint density at radius 3 is 2.74 bits per heavy atom. The summed E-state index contributed by atoms with van der Waals surface area (Å²) in [6, 6.07) is 0. The summed E-state index contributed by atoms with van der Waals surface area (Å²) in [6.07, 6.45) is 7.77. The third-order valence-electron chi connectivity index (χ3n) is 4.58. The van der Waals surface area contributed by atoms with E-state index in [9.17, 15) is 0 Å². The van der Waals surface area contributed by atoms with Crippen molar-refractivity contribution in [1.29, 1.82) is 0 Å². The van der Waals surface area contributed by atoms with Crippen LogP contribution in [0, 0.1) is 19.8 Å². The van der Waals surface area contributed by atoms with E-state index < -0.39 is 0 Å². The van der Waals surface area contributed by atoms with Crippen LogP contribution >= 0.6 is 11.3 Å². The Kier molecular flexibility index (Phi) is 5.02. The molecule has 1 aromatic heterocycles. The molecule has 1 heterocycles. The highest BCUT2D eigenvalue weighted by Gasteiger charge is 2.39. The van der Waals surface area contributed by atoms with Gasteiger partial charge in [0.1, 0.15) is 5.01 Å². The first kappa shape index (κ1) is 15.0. The van der Waals surface area contributed by atoms with Crippen LogP contribution in [0.2, 0.25) is 0 Å². The normalized spacial score (nSPS) is 27.7. The highest BCUT2D eigenvalue weighted by molar-refractivity contribution is 7.11. The molecule has 0 saturated heterocycles. The third-order valence-corrected chi connectivity index (χ3v) is 5.86. The van der Waals surface area contributed by atoms with Crippen molar-refractivity contribution in [3.05, 3.63) is 15.6 Å². The molecule has 1 saturated carbocycles. The van der Waals surface area contributed by atoms with Crippen molar-refractivity contribution in [3.63, 3.8) is 0 Å². The summed E-state index contributed by atoms with van der Waals surface area (Å²) in [6.45, 7) is 10.0. The Bertz CT molecular complexity index is 393. The van der Waals surface area contributed by atoms with Gasteiger partial charge in [0.2, 0.25) is 0 Å². The molecule has 19 heavy (non-hydrogen) atoms. The molecule has 3 heteroatoms. The van der Waals surface area contributed by atoms with Crippen LogP contribution in [-0.4, -0.2) is 11.5 Å². The second-order valence-electron chi connectivity index (χ2n) is 6.04. The van der Waals surface area contributed by atoms with Gasteiger partial charge in [0, 0.05) is 4.88 Å². The number of rotatable bonds is 5. The van der Waals surface area contributed by atoms with E-state index in [2.05, 4.69) is 33.0 Å². The van der Waals surface area contributed by atoms with Crippen molar-refractivity contribution in [3.8, 4) is 0 Å². The van der Waals surface area contributed by atoms with Gasteiger partial charge in [-0.3, -0.25) is 0 Å². The number of hydrogen-bond donors (Lipinski definition) is 1. The average Bonchev–Trinajstić information content (AvgIpc) is 2.77. The molecule has 2 unspecified atom stereocenters. The standard InChI is InChI=1S/C16H28N2S/c1-5-10-17-16(9-7-8-14(6-2)11-16)15-18-12(3)13(4)19-15/h14,17H,5-11H2,1-4H3. The summed E-state index contributed by atoms with van der Waals surface area (Å²) in [7, 11) is 0. The number of aryl methyl sites for hydroxylation is 2. The van der Waals surface area contributed by atoms with E-state index in [0.29, 0.717) is 0 Å². The van der Waals surface area contributed by atoms with Gasteiger partial charge in [0.05, 0.1) is 11.2 Å². The molecule has 0 aromatic carbocycles. The monoisotopic (exact) mass is 280 g/mol. The molecule has 0 spiro atoms. The Labute approximate surface area is 122 Å². The van der Waals surface area contributed by atoms with Crippen LogP contribution in [-0.2, 0) is 5.54 Å². The molecule has 108 valence electrons. The fourth-order valence-electron chi connectivity index (χ4n) is 3.21. The first-order valence-electron chi connectivity index (χ1n) is 7.81. The summed E-state index contributed by atoms with van der Waals surface area (Å²) in [5, 5.41) is 5.20. The van der Waals surface area contributed by atoms with Crippen LogP contribution in [0.15, 0.2) is 0 Å². The predicted octanol–water partition coefficient (Wildman–Crippen LogP) is 4.56. The van der Waals surface area contributed by atoms with Crippen LogP contribution in [0.4, 0.5) is 0 Å². The second kappa shape index (κ2) is 6.36. The molecule has 2 nitrogen and oxygen atoms in total. The molecule has 0 amide bonds. The van der Waals surface area contributed by atoms with Crippen molar-refractivity contribution in [2.24, 2.45) is 5.92 Å². The fourth-order valence-corrected chi connectivity index (χ4v) is 4.33. The molecule has 1 N–H and O–H groups in total. The van der Waals surface area contributed by atoms with Gasteiger partial charge in [0.15, 0.2) is 0 Å². The lowest BCUT2D eigenvalue weighted by atomic mass is 9.75. The first-order chi connectivity index (χ1) is 9.11. The molecule has 1 aromatic rings. The van der Waals surface area contributed by atoms with E-state index in [4.69, 9.17) is 4.98 Å². The number of aromatic nitrogens is 1. The minimum atomic E-state index is 0.165. The molecular weight excluding hydrogens is 252 g/mol. The van der Waals surface area contributed by atoms with Gasteiger partial charge in [-0.25, -0.2) is 4.98 Å². The smallest absolute Gasteiger partial charge is 0.113 e. The molecular formula is C16H28N2S. The summed E-state index contributed by atoms with van der Waals surface area (Å²) >= 11 is 1.91. The SMILES string of the molecule is CCCNC1(c2nc(C)c(C)s2)CCCC(CC)C1. The lowest BCUT2D eigenvalue weighted by Crippen LogP contribution is -2.46. The lowest BCUT2D eigenvalue weighted by Gasteiger charge is -2.40. The highest BCUT2D eigenvalue weighted by atomic mass is 32.1. The molecule has 1 aliphatic carbocycles. The molecule has 1 fully saturated rings. The Balaban J connectivity index is 2.28. The van der Waals surface area contributed by atoms with Gasteiger partial charge in [-0.15, -0.1) is 11.3 Å². The van der Waals surface area contributed by atoms with Gasteiger partial charge < -0.3 is 5.32 Å². The van der Waals surface area contributed by atoms with Crippen molar-refractivity contribution < 1.29 is 0 Å². The molecule has 0 aliphatic heterocycles. The van der Waals surface area contributed by atoms with Gasteiger partial charge in [-0.05, 0) is 45.6 Å². The molecule has 2 rings (SSSR count). The molecule has 0 bridgehead atoms. The molecule has 1 aliphatic rings. The maximum Gasteiger partial charge on any atom is 0.113 e. The minimum absolute atomic E-state index is 0.165. The molecule has 0 radical (unpaired) electrons. The van der Waals surface area contributed by atoms with E-state index in [1.807, 2.05) is 11.3 Å². The Morgan fingerprint density at radius 2 is 2.16 bits per heavy atom. The lowest BCUT2D eigenvalue weighted by molar-refractivity contribution is 0.174. The second-order valence-corrected chi connectivity index (χ2v) is 7.24. The Hall–Kier alpha value is -0.410. The Morgan fingerprint density at radius 1 is 1.37 bits per heavy atom. The summed E-state index contributed by atoms with van der Waals surface area (Å²) in [5.41, 5.74) is 1.38. The summed E-state index contributed by atoms with van der Waals surface area (Å²) in [5.74, 6) is 0.864. The number of nitrogens with one attached hydrogen (secondary N) is 1. The fraction of sp³-hybridized carbons (Fsp3) is 0.812. The topological polar surface area (TPSA) is 24.9 Å².